The summed E-state index contributed by atoms with van der Waals surface area (Å²) < 4.78 is 5.72. The van der Waals surface area contributed by atoms with Gasteiger partial charge in [0.25, 0.3) is 5.91 Å². The maximum Gasteiger partial charge on any atom is 0.253 e. The van der Waals surface area contributed by atoms with Gasteiger partial charge in [0, 0.05) is 31.7 Å². The molecular formula is C23H31ClN2O2. The highest BCUT2D eigenvalue weighted by Gasteiger charge is 2.17. The van der Waals surface area contributed by atoms with Crippen molar-refractivity contribution in [1.82, 2.24) is 10.2 Å². The van der Waals surface area contributed by atoms with Crippen molar-refractivity contribution in [3.8, 4) is 5.75 Å². The highest BCUT2D eigenvalue weighted by atomic mass is 35.5. The Balaban J connectivity index is 0.00000280. The van der Waals surface area contributed by atoms with Gasteiger partial charge in [0.1, 0.15) is 5.75 Å². The van der Waals surface area contributed by atoms with Gasteiger partial charge >= 0.3 is 0 Å². The minimum Gasteiger partial charge on any atom is -0.494 e. The van der Waals surface area contributed by atoms with Crippen LogP contribution in [0.5, 0.6) is 5.75 Å². The predicted octanol–water partition coefficient (Wildman–Crippen LogP) is 4.34. The molecule has 1 saturated heterocycles. The smallest absolute Gasteiger partial charge is 0.253 e. The van der Waals surface area contributed by atoms with E-state index in [1.165, 1.54) is 24.8 Å². The summed E-state index contributed by atoms with van der Waals surface area (Å²) in [6.45, 7) is 4.16. The van der Waals surface area contributed by atoms with Crippen LogP contribution in [0.3, 0.4) is 0 Å². The van der Waals surface area contributed by atoms with Crippen molar-refractivity contribution in [3.63, 3.8) is 0 Å². The van der Waals surface area contributed by atoms with Crippen molar-refractivity contribution in [2.45, 2.75) is 32.1 Å². The van der Waals surface area contributed by atoms with E-state index in [-0.39, 0.29) is 18.3 Å². The predicted molar refractivity (Wildman–Crippen MR) is 117 cm³/mol. The molecule has 0 radical (unpaired) electrons. The number of piperazine rings is 1. The summed E-state index contributed by atoms with van der Waals surface area (Å²) >= 11 is 0. The normalized spacial score (nSPS) is 13.6. The monoisotopic (exact) mass is 402 g/mol. The van der Waals surface area contributed by atoms with Gasteiger partial charge in [-0.25, -0.2) is 0 Å². The lowest BCUT2D eigenvalue weighted by molar-refractivity contribution is 0.0736. The lowest BCUT2D eigenvalue weighted by Gasteiger charge is -2.27. The number of carbonyl (C=O) groups excluding carboxylic acids is 1. The molecule has 1 heterocycles. The average molecular weight is 403 g/mol. The summed E-state index contributed by atoms with van der Waals surface area (Å²) in [4.78, 5) is 14.4. The van der Waals surface area contributed by atoms with Crippen molar-refractivity contribution >= 4 is 18.3 Å². The van der Waals surface area contributed by atoms with Crippen LogP contribution in [0, 0.1) is 0 Å². The van der Waals surface area contributed by atoms with E-state index in [9.17, 15) is 4.79 Å². The number of aryl methyl sites for hydroxylation is 1. The molecule has 3 rings (SSSR count). The fourth-order valence-corrected chi connectivity index (χ4v) is 3.36. The van der Waals surface area contributed by atoms with E-state index < -0.39 is 0 Å². The van der Waals surface area contributed by atoms with Gasteiger partial charge in [0.2, 0.25) is 0 Å². The highest BCUT2D eigenvalue weighted by Crippen LogP contribution is 2.13. The van der Waals surface area contributed by atoms with E-state index in [1.807, 2.05) is 47.4 Å². The van der Waals surface area contributed by atoms with E-state index in [2.05, 4.69) is 17.4 Å². The number of hydrogen-bond acceptors (Lipinski definition) is 3. The Labute approximate surface area is 174 Å². The second-order valence-corrected chi connectivity index (χ2v) is 7.06. The molecule has 5 heteroatoms. The highest BCUT2D eigenvalue weighted by molar-refractivity contribution is 5.94. The lowest BCUT2D eigenvalue weighted by atomic mass is 10.0. The van der Waals surface area contributed by atoms with Crippen LogP contribution < -0.4 is 10.1 Å². The van der Waals surface area contributed by atoms with Gasteiger partial charge in [0.15, 0.2) is 0 Å². The Morgan fingerprint density at radius 1 is 0.893 bits per heavy atom. The molecule has 1 fully saturated rings. The van der Waals surface area contributed by atoms with E-state index in [0.29, 0.717) is 0 Å². The molecule has 1 aliphatic heterocycles. The first-order chi connectivity index (χ1) is 13.3. The molecule has 2 aromatic rings. The summed E-state index contributed by atoms with van der Waals surface area (Å²) in [5, 5.41) is 3.28. The zero-order valence-electron chi connectivity index (χ0n) is 16.4. The molecule has 1 N–H and O–H groups in total. The average Bonchev–Trinajstić information content (AvgIpc) is 2.74. The van der Waals surface area contributed by atoms with E-state index in [1.54, 1.807) is 0 Å². The fourth-order valence-electron chi connectivity index (χ4n) is 3.36. The number of ether oxygens (including phenoxy) is 1. The SMILES string of the molecule is Cl.O=C(c1ccc(CCCCCCOc2ccccc2)cc1)N1CCNCC1. The Hall–Kier alpha value is -2.04. The number of unbranched alkanes of at least 4 members (excludes halogenated alkanes) is 3. The fraction of sp³-hybridized carbons (Fsp3) is 0.435. The molecule has 1 amide bonds. The van der Waals surface area contributed by atoms with E-state index in [4.69, 9.17) is 4.74 Å². The van der Waals surface area contributed by atoms with Crippen molar-refractivity contribution < 1.29 is 9.53 Å². The standard InChI is InChI=1S/C23H30N2O2.ClH/c26-23(25-17-15-24-16-18-25)21-13-11-20(12-14-21)8-4-1-2-7-19-27-22-9-5-3-6-10-22;/h3,5-6,9-14,24H,1-2,4,7-8,15-19H2;1H. The number of hydrogen-bond donors (Lipinski definition) is 1. The molecule has 4 nitrogen and oxygen atoms in total. The number of benzene rings is 2. The third-order valence-corrected chi connectivity index (χ3v) is 4.98. The molecule has 0 unspecified atom stereocenters. The molecule has 152 valence electrons. The topological polar surface area (TPSA) is 41.6 Å². The van der Waals surface area contributed by atoms with Crippen LogP contribution in [0.4, 0.5) is 0 Å². The Kier molecular flexibility index (Phi) is 9.87. The Bertz CT molecular complexity index is 686. The number of nitrogens with one attached hydrogen (secondary N) is 1. The summed E-state index contributed by atoms with van der Waals surface area (Å²) in [6, 6.07) is 18.2. The molecule has 0 saturated carbocycles. The maximum absolute atomic E-state index is 12.5. The van der Waals surface area contributed by atoms with Gasteiger partial charge in [-0.1, -0.05) is 43.2 Å². The molecule has 0 aromatic heterocycles. The number of halogens is 1. The minimum atomic E-state index is 0. The molecule has 1 aliphatic rings. The molecule has 2 aromatic carbocycles. The van der Waals surface area contributed by atoms with Gasteiger partial charge in [-0.05, 0) is 49.1 Å². The first-order valence-electron chi connectivity index (χ1n) is 10.1. The minimum absolute atomic E-state index is 0. The van der Waals surface area contributed by atoms with Crippen LogP contribution in [0.25, 0.3) is 0 Å². The van der Waals surface area contributed by atoms with Crippen molar-refractivity contribution in [3.05, 3.63) is 65.7 Å². The van der Waals surface area contributed by atoms with E-state index >= 15 is 0 Å². The number of nitrogens with zero attached hydrogens (tertiary/aromatic N) is 1. The molecule has 0 spiro atoms. The zero-order chi connectivity index (χ0) is 18.7. The lowest BCUT2D eigenvalue weighted by Crippen LogP contribution is -2.46. The van der Waals surface area contributed by atoms with Gasteiger partial charge in [-0.3, -0.25) is 4.79 Å². The first kappa shape index (κ1) is 22.3. The van der Waals surface area contributed by atoms with Gasteiger partial charge in [-0.2, -0.15) is 0 Å². The van der Waals surface area contributed by atoms with Crippen LogP contribution in [0.2, 0.25) is 0 Å². The van der Waals surface area contributed by atoms with Gasteiger partial charge in [0.05, 0.1) is 6.61 Å². The van der Waals surface area contributed by atoms with Gasteiger partial charge < -0.3 is 15.0 Å². The first-order valence-corrected chi connectivity index (χ1v) is 10.1. The van der Waals surface area contributed by atoms with Crippen LogP contribution in [0.15, 0.2) is 54.6 Å². The number of carbonyl (C=O) groups is 1. The zero-order valence-corrected chi connectivity index (χ0v) is 17.3. The van der Waals surface area contributed by atoms with Crippen LogP contribution in [0.1, 0.15) is 41.6 Å². The van der Waals surface area contributed by atoms with Crippen LogP contribution >= 0.6 is 12.4 Å². The van der Waals surface area contributed by atoms with Crippen molar-refractivity contribution in [2.75, 3.05) is 32.8 Å². The summed E-state index contributed by atoms with van der Waals surface area (Å²) in [5.41, 5.74) is 2.12. The van der Waals surface area contributed by atoms with Crippen LogP contribution in [-0.2, 0) is 6.42 Å². The second kappa shape index (κ2) is 12.4. The maximum atomic E-state index is 12.5. The number of amides is 1. The largest absolute Gasteiger partial charge is 0.494 e. The quantitative estimate of drug-likeness (QED) is 0.634. The molecule has 0 bridgehead atoms. The molecule has 28 heavy (non-hydrogen) atoms. The number of para-hydroxylation sites is 1. The molecule has 0 atom stereocenters. The van der Waals surface area contributed by atoms with Crippen molar-refractivity contribution in [2.24, 2.45) is 0 Å². The van der Waals surface area contributed by atoms with Gasteiger partial charge in [-0.15, -0.1) is 12.4 Å². The summed E-state index contributed by atoms with van der Waals surface area (Å²) in [7, 11) is 0. The van der Waals surface area contributed by atoms with Crippen molar-refractivity contribution in [1.29, 1.82) is 0 Å². The van der Waals surface area contributed by atoms with E-state index in [0.717, 1.165) is 56.9 Å². The second-order valence-electron chi connectivity index (χ2n) is 7.06. The molecule has 0 aliphatic carbocycles. The Morgan fingerprint density at radius 3 is 2.29 bits per heavy atom. The summed E-state index contributed by atoms with van der Waals surface area (Å²) in [6.07, 6.45) is 5.73. The molecular weight excluding hydrogens is 372 g/mol. The Morgan fingerprint density at radius 2 is 1.57 bits per heavy atom. The summed E-state index contributed by atoms with van der Waals surface area (Å²) in [5.74, 6) is 1.11. The number of rotatable bonds is 9. The third-order valence-electron chi connectivity index (χ3n) is 4.98. The third kappa shape index (κ3) is 7.17. The van der Waals surface area contributed by atoms with Crippen LogP contribution in [-0.4, -0.2) is 43.6 Å².